The van der Waals surface area contributed by atoms with E-state index in [1.54, 1.807) is 0 Å². The number of aliphatic imine (C=N–C) groups is 1. The Bertz CT molecular complexity index is 272. The van der Waals surface area contributed by atoms with Gasteiger partial charge in [-0.3, -0.25) is 4.99 Å². The average molecular weight is 268 g/mol. The first-order chi connectivity index (χ1) is 8.90. The third-order valence-electron chi connectivity index (χ3n) is 3.40. The van der Waals surface area contributed by atoms with Gasteiger partial charge in [-0.25, -0.2) is 0 Å². The molecule has 4 heteroatoms. The monoisotopic (exact) mass is 268 g/mol. The molecule has 0 unspecified atom stereocenters. The summed E-state index contributed by atoms with van der Waals surface area (Å²) in [5.74, 6) is 1.83. The second kappa shape index (κ2) is 7.73. The van der Waals surface area contributed by atoms with Crippen LogP contribution in [0.2, 0.25) is 0 Å². The highest BCUT2D eigenvalue weighted by Gasteiger charge is 2.15. The minimum Gasteiger partial charge on any atom is -0.357 e. The van der Waals surface area contributed by atoms with Gasteiger partial charge >= 0.3 is 0 Å². The van der Waals surface area contributed by atoms with Crippen molar-refractivity contribution in [3.63, 3.8) is 0 Å². The van der Waals surface area contributed by atoms with E-state index in [1.165, 1.54) is 25.9 Å². The van der Waals surface area contributed by atoms with E-state index in [9.17, 15) is 0 Å². The maximum atomic E-state index is 4.66. The summed E-state index contributed by atoms with van der Waals surface area (Å²) in [5.41, 5.74) is 0.0571. The number of guanidine groups is 1. The molecule has 0 bridgehead atoms. The van der Waals surface area contributed by atoms with Gasteiger partial charge in [0.05, 0.1) is 6.54 Å². The summed E-state index contributed by atoms with van der Waals surface area (Å²) in [7, 11) is 0. The Morgan fingerprint density at radius 2 is 1.89 bits per heavy atom. The van der Waals surface area contributed by atoms with Crippen LogP contribution in [0.3, 0.4) is 0 Å². The van der Waals surface area contributed by atoms with Crippen molar-refractivity contribution < 1.29 is 0 Å². The van der Waals surface area contributed by atoms with Crippen LogP contribution in [0.5, 0.6) is 0 Å². The SMILES string of the molecule is CCNC(=NCCN1CCC(C)CC1)NC(C)(C)C. The third kappa shape index (κ3) is 7.41. The topological polar surface area (TPSA) is 39.7 Å². The molecule has 112 valence electrons. The van der Waals surface area contributed by atoms with Gasteiger partial charge in [0.1, 0.15) is 0 Å². The standard InChI is InChI=1S/C15H32N4/c1-6-16-14(18-15(3,4)5)17-9-12-19-10-7-13(2)8-11-19/h13H,6-12H2,1-5H3,(H2,16,17,18). The van der Waals surface area contributed by atoms with Crippen molar-refractivity contribution in [3.8, 4) is 0 Å². The van der Waals surface area contributed by atoms with E-state index in [-0.39, 0.29) is 5.54 Å². The summed E-state index contributed by atoms with van der Waals surface area (Å²) in [6, 6.07) is 0. The van der Waals surface area contributed by atoms with Crippen molar-refractivity contribution in [2.75, 3.05) is 32.7 Å². The van der Waals surface area contributed by atoms with Gasteiger partial charge in [0.2, 0.25) is 0 Å². The second-order valence-electron chi connectivity index (χ2n) is 6.66. The summed E-state index contributed by atoms with van der Waals surface area (Å²) in [6.07, 6.45) is 2.67. The maximum absolute atomic E-state index is 4.66. The highest BCUT2D eigenvalue weighted by Crippen LogP contribution is 2.15. The van der Waals surface area contributed by atoms with Crippen LogP contribution in [-0.4, -0.2) is 49.1 Å². The van der Waals surface area contributed by atoms with Gasteiger partial charge in [-0.2, -0.15) is 0 Å². The minimum absolute atomic E-state index is 0.0571. The zero-order valence-corrected chi connectivity index (χ0v) is 13.4. The lowest BCUT2D eigenvalue weighted by atomic mass is 9.99. The Hall–Kier alpha value is -0.770. The quantitative estimate of drug-likeness (QED) is 0.606. The molecule has 0 spiro atoms. The van der Waals surface area contributed by atoms with Crippen molar-refractivity contribution in [1.29, 1.82) is 0 Å². The molecule has 0 atom stereocenters. The molecule has 4 nitrogen and oxygen atoms in total. The van der Waals surface area contributed by atoms with Gasteiger partial charge in [0.25, 0.3) is 0 Å². The summed E-state index contributed by atoms with van der Waals surface area (Å²) >= 11 is 0. The molecule has 0 aromatic rings. The van der Waals surface area contributed by atoms with Gasteiger partial charge in [0.15, 0.2) is 5.96 Å². The zero-order chi connectivity index (χ0) is 14.3. The van der Waals surface area contributed by atoms with Gasteiger partial charge < -0.3 is 15.5 Å². The number of likely N-dealkylation sites (tertiary alicyclic amines) is 1. The van der Waals surface area contributed by atoms with Crippen molar-refractivity contribution in [2.45, 2.75) is 53.0 Å². The molecule has 0 aliphatic carbocycles. The summed E-state index contributed by atoms with van der Waals surface area (Å²) < 4.78 is 0. The molecule has 0 saturated carbocycles. The fourth-order valence-electron chi connectivity index (χ4n) is 2.25. The molecule has 0 aromatic carbocycles. The molecular weight excluding hydrogens is 236 g/mol. The third-order valence-corrected chi connectivity index (χ3v) is 3.40. The number of hydrogen-bond acceptors (Lipinski definition) is 2. The summed E-state index contributed by atoms with van der Waals surface area (Å²) in [6.45, 7) is 16.3. The summed E-state index contributed by atoms with van der Waals surface area (Å²) in [5, 5.41) is 6.73. The predicted molar refractivity (Wildman–Crippen MR) is 83.7 cm³/mol. The molecule has 1 fully saturated rings. The van der Waals surface area contributed by atoms with Crippen molar-refractivity contribution in [1.82, 2.24) is 15.5 Å². The van der Waals surface area contributed by atoms with Crippen LogP contribution < -0.4 is 10.6 Å². The van der Waals surface area contributed by atoms with Crippen LogP contribution in [0.1, 0.15) is 47.5 Å². The average Bonchev–Trinajstić information content (AvgIpc) is 2.30. The Kier molecular flexibility index (Phi) is 6.63. The van der Waals surface area contributed by atoms with Crippen LogP contribution in [0.25, 0.3) is 0 Å². The molecule has 0 amide bonds. The fourth-order valence-corrected chi connectivity index (χ4v) is 2.25. The lowest BCUT2D eigenvalue weighted by Crippen LogP contribution is -2.48. The number of piperidine rings is 1. The van der Waals surface area contributed by atoms with E-state index in [0.717, 1.165) is 31.5 Å². The molecule has 2 N–H and O–H groups in total. The van der Waals surface area contributed by atoms with Crippen LogP contribution in [0.4, 0.5) is 0 Å². The minimum atomic E-state index is 0.0571. The highest BCUT2D eigenvalue weighted by molar-refractivity contribution is 5.80. The van der Waals surface area contributed by atoms with E-state index < -0.39 is 0 Å². The highest BCUT2D eigenvalue weighted by atomic mass is 15.2. The molecular formula is C15H32N4. The van der Waals surface area contributed by atoms with E-state index in [1.807, 2.05) is 0 Å². The van der Waals surface area contributed by atoms with Gasteiger partial charge in [-0.15, -0.1) is 0 Å². The first-order valence-corrected chi connectivity index (χ1v) is 7.69. The summed E-state index contributed by atoms with van der Waals surface area (Å²) in [4.78, 5) is 7.20. The van der Waals surface area contributed by atoms with Crippen molar-refractivity contribution in [2.24, 2.45) is 10.9 Å². The van der Waals surface area contributed by atoms with Crippen LogP contribution >= 0.6 is 0 Å². The molecule has 0 aromatic heterocycles. The number of hydrogen-bond donors (Lipinski definition) is 2. The van der Waals surface area contributed by atoms with E-state index >= 15 is 0 Å². The molecule has 1 aliphatic heterocycles. The normalized spacial score (nSPS) is 19.5. The first kappa shape index (κ1) is 16.3. The lowest BCUT2D eigenvalue weighted by Gasteiger charge is -2.29. The fraction of sp³-hybridized carbons (Fsp3) is 0.933. The Balaban J connectivity index is 2.34. The number of nitrogens with one attached hydrogen (secondary N) is 2. The van der Waals surface area contributed by atoms with Gasteiger partial charge in [-0.1, -0.05) is 6.92 Å². The Morgan fingerprint density at radius 3 is 2.42 bits per heavy atom. The van der Waals surface area contributed by atoms with Crippen molar-refractivity contribution >= 4 is 5.96 Å². The van der Waals surface area contributed by atoms with Gasteiger partial charge in [0, 0.05) is 18.6 Å². The largest absolute Gasteiger partial charge is 0.357 e. The zero-order valence-electron chi connectivity index (χ0n) is 13.4. The van der Waals surface area contributed by atoms with Crippen LogP contribution in [-0.2, 0) is 0 Å². The molecule has 0 radical (unpaired) electrons. The van der Waals surface area contributed by atoms with E-state index in [0.29, 0.717) is 0 Å². The molecule has 19 heavy (non-hydrogen) atoms. The molecule has 1 saturated heterocycles. The predicted octanol–water partition coefficient (Wildman–Crippen LogP) is 2.07. The van der Waals surface area contributed by atoms with E-state index in [4.69, 9.17) is 0 Å². The van der Waals surface area contributed by atoms with Crippen LogP contribution in [0.15, 0.2) is 4.99 Å². The smallest absolute Gasteiger partial charge is 0.191 e. The first-order valence-electron chi connectivity index (χ1n) is 7.69. The van der Waals surface area contributed by atoms with Crippen molar-refractivity contribution in [3.05, 3.63) is 0 Å². The van der Waals surface area contributed by atoms with Gasteiger partial charge in [-0.05, 0) is 59.5 Å². The maximum Gasteiger partial charge on any atom is 0.191 e. The lowest BCUT2D eigenvalue weighted by molar-refractivity contribution is 0.197. The van der Waals surface area contributed by atoms with Crippen LogP contribution in [0, 0.1) is 5.92 Å². The second-order valence-corrected chi connectivity index (χ2v) is 6.66. The number of rotatable bonds is 4. The molecule has 1 heterocycles. The Labute approximate surface area is 119 Å². The number of nitrogens with zero attached hydrogens (tertiary/aromatic N) is 2. The Morgan fingerprint density at radius 1 is 1.26 bits per heavy atom. The molecule has 1 rings (SSSR count). The molecule has 1 aliphatic rings. The van der Waals surface area contributed by atoms with E-state index in [2.05, 4.69) is 55.1 Å².